The molecule has 0 saturated carbocycles. The molecular formula is C57H40N4. The van der Waals surface area contributed by atoms with Crippen molar-refractivity contribution in [3.8, 4) is 27.9 Å². The van der Waals surface area contributed by atoms with E-state index < -0.39 is 0 Å². The van der Waals surface area contributed by atoms with Crippen LogP contribution in [0.3, 0.4) is 0 Å². The first-order valence-electron chi connectivity index (χ1n) is 21.0. The van der Waals surface area contributed by atoms with Gasteiger partial charge in [-0.15, -0.1) is 0 Å². The number of nitrogens with zero attached hydrogens (tertiary/aromatic N) is 2. The van der Waals surface area contributed by atoms with Crippen LogP contribution in [0.4, 0.5) is 0 Å². The van der Waals surface area contributed by atoms with Crippen molar-refractivity contribution >= 4 is 60.0 Å². The van der Waals surface area contributed by atoms with Crippen molar-refractivity contribution in [2.75, 3.05) is 0 Å². The lowest BCUT2D eigenvalue weighted by Gasteiger charge is -2.32. The zero-order valence-corrected chi connectivity index (χ0v) is 33.3. The molecule has 2 atom stereocenters. The lowest BCUT2D eigenvalue weighted by molar-refractivity contribution is 0.409. The molecule has 1 aromatic heterocycles. The second-order valence-corrected chi connectivity index (χ2v) is 15.9. The lowest BCUT2D eigenvalue weighted by Crippen LogP contribution is -2.44. The summed E-state index contributed by atoms with van der Waals surface area (Å²) in [5.74, 6) is 0.873. The summed E-state index contributed by atoms with van der Waals surface area (Å²) in [7, 11) is 0. The molecule has 2 heterocycles. The normalized spacial score (nSPS) is 15.4. The number of aliphatic imine (C=N–C) groups is 1. The van der Waals surface area contributed by atoms with E-state index in [4.69, 9.17) is 4.99 Å². The number of para-hydroxylation sites is 2. The van der Waals surface area contributed by atoms with Crippen molar-refractivity contribution in [3.63, 3.8) is 0 Å². The number of nitrogens with one attached hydrogen (secondary N) is 2. The van der Waals surface area contributed by atoms with Crippen molar-refractivity contribution in [1.29, 1.82) is 0 Å². The monoisotopic (exact) mass is 780 g/mol. The van der Waals surface area contributed by atoms with Gasteiger partial charge in [-0.2, -0.15) is 0 Å². The first kappa shape index (κ1) is 35.2. The van der Waals surface area contributed by atoms with Gasteiger partial charge in [0.2, 0.25) is 0 Å². The van der Waals surface area contributed by atoms with E-state index in [0.29, 0.717) is 0 Å². The van der Waals surface area contributed by atoms with Crippen LogP contribution in [-0.4, -0.2) is 10.4 Å². The largest absolute Gasteiger partial charge is 0.350 e. The van der Waals surface area contributed by atoms with E-state index >= 15 is 0 Å². The van der Waals surface area contributed by atoms with Crippen molar-refractivity contribution < 1.29 is 0 Å². The molecule has 288 valence electrons. The summed E-state index contributed by atoms with van der Waals surface area (Å²) in [6.07, 6.45) is -0.388. The third kappa shape index (κ3) is 5.91. The van der Waals surface area contributed by atoms with Crippen LogP contribution in [-0.2, 0) is 0 Å². The van der Waals surface area contributed by atoms with E-state index in [1.54, 1.807) is 0 Å². The highest BCUT2D eigenvalue weighted by molar-refractivity contribution is 6.38. The maximum Gasteiger partial charge on any atom is 0.131 e. The third-order valence-corrected chi connectivity index (χ3v) is 12.5. The number of amidine groups is 1. The number of benzene rings is 10. The van der Waals surface area contributed by atoms with Crippen LogP contribution >= 0.6 is 0 Å². The molecule has 1 aliphatic rings. The van der Waals surface area contributed by atoms with Gasteiger partial charge in [-0.3, -0.25) is 5.32 Å². The average molecular weight is 781 g/mol. The van der Waals surface area contributed by atoms with Gasteiger partial charge in [-0.05, 0) is 79.2 Å². The van der Waals surface area contributed by atoms with Crippen LogP contribution in [0.5, 0.6) is 0 Å². The predicted octanol–water partition coefficient (Wildman–Crippen LogP) is 13.9. The van der Waals surface area contributed by atoms with Gasteiger partial charge in [0.05, 0.1) is 11.0 Å². The molecule has 2 N–H and O–H groups in total. The van der Waals surface area contributed by atoms with E-state index in [1.807, 2.05) is 6.07 Å². The highest BCUT2D eigenvalue weighted by Crippen LogP contribution is 2.47. The molecule has 0 bridgehead atoms. The summed E-state index contributed by atoms with van der Waals surface area (Å²) < 4.78 is 2.46. The Kier molecular flexibility index (Phi) is 8.36. The third-order valence-electron chi connectivity index (χ3n) is 12.5. The van der Waals surface area contributed by atoms with Gasteiger partial charge in [0.1, 0.15) is 18.2 Å². The van der Waals surface area contributed by atoms with Gasteiger partial charge in [0.25, 0.3) is 0 Å². The average Bonchev–Trinajstić information content (AvgIpc) is 3.70. The molecule has 0 saturated heterocycles. The van der Waals surface area contributed by atoms with Crippen LogP contribution in [0, 0.1) is 0 Å². The molecule has 0 radical (unpaired) electrons. The standard InChI is InChI=1S/C57H40N4/c1-4-16-37(17-5-1)38-28-32-41(33-29-38)56-58-55(40-18-6-2-7-19-40)59-57(60-56)42-34-30-39(31-35-42)49-36-50-45-23-11-13-25-47(45)54-53(52(50)46-24-12-10-22-44(46)49)48-26-14-15-27-51(48)61(54)43-20-8-3-9-21-43/h1-36,56-57,60H,(H,58,59). The number of aromatic nitrogens is 1. The minimum Gasteiger partial charge on any atom is -0.350 e. The van der Waals surface area contributed by atoms with Gasteiger partial charge in [0.15, 0.2) is 0 Å². The maximum atomic E-state index is 5.26. The van der Waals surface area contributed by atoms with Crippen molar-refractivity contribution in [1.82, 2.24) is 15.2 Å². The SMILES string of the molecule is c1ccc(C2=NC(c3ccc(-c4cc5c6ccccc6c6c(c7ccccc7n6-c6ccccc6)c5c5ccccc45)cc3)NC(c3ccc(-c4ccccc4)cc3)N2)cc1. The second-order valence-electron chi connectivity index (χ2n) is 15.9. The molecule has 0 amide bonds. The van der Waals surface area contributed by atoms with E-state index in [2.05, 4.69) is 228 Å². The molecule has 0 spiro atoms. The predicted molar refractivity (Wildman–Crippen MR) is 255 cm³/mol. The Labute approximate surface area is 354 Å². The molecule has 0 aliphatic carbocycles. The summed E-state index contributed by atoms with van der Waals surface area (Å²) in [5, 5.41) is 17.6. The fourth-order valence-corrected chi connectivity index (χ4v) is 9.60. The Morgan fingerprint density at radius 3 is 1.66 bits per heavy atom. The Morgan fingerprint density at radius 2 is 0.934 bits per heavy atom. The van der Waals surface area contributed by atoms with Gasteiger partial charge in [0, 0.05) is 32.8 Å². The van der Waals surface area contributed by atoms with Gasteiger partial charge in [-0.25, -0.2) is 4.99 Å². The minimum absolute atomic E-state index is 0.135. The van der Waals surface area contributed by atoms with E-state index in [0.717, 1.165) is 28.2 Å². The first-order chi connectivity index (χ1) is 30.3. The van der Waals surface area contributed by atoms with Crippen molar-refractivity contribution in [3.05, 3.63) is 235 Å². The molecule has 2 unspecified atom stereocenters. The quantitative estimate of drug-likeness (QED) is 0.165. The molecule has 11 aromatic rings. The van der Waals surface area contributed by atoms with E-state index in [-0.39, 0.29) is 12.3 Å². The molecule has 61 heavy (non-hydrogen) atoms. The Hall–Kier alpha value is -7.79. The van der Waals surface area contributed by atoms with Gasteiger partial charge < -0.3 is 9.88 Å². The Morgan fingerprint density at radius 1 is 0.393 bits per heavy atom. The summed E-state index contributed by atoms with van der Waals surface area (Å²) in [6.45, 7) is 0. The van der Waals surface area contributed by atoms with Gasteiger partial charge >= 0.3 is 0 Å². The van der Waals surface area contributed by atoms with Crippen LogP contribution in [0.15, 0.2) is 223 Å². The van der Waals surface area contributed by atoms with Crippen molar-refractivity contribution in [2.24, 2.45) is 4.99 Å². The van der Waals surface area contributed by atoms with Crippen LogP contribution in [0.1, 0.15) is 29.0 Å². The van der Waals surface area contributed by atoms with Crippen LogP contribution in [0.25, 0.3) is 82.1 Å². The molecule has 0 fully saturated rings. The molecule has 4 heteroatoms. The second kappa shape index (κ2) is 14.5. The molecule has 12 rings (SSSR count). The summed E-state index contributed by atoms with van der Waals surface area (Å²) in [4.78, 5) is 5.26. The highest BCUT2D eigenvalue weighted by Gasteiger charge is 2.26. The number of rotatable bonds is 6. The zero-order chi connectivity index (χ0) is 40.3. The minimum atomic E-state index is -0.253. The number of fused-ring (bicyclic) bond motifs is 10. The number of hydrogen-bond acceptors (Lipinski definition) is 3. The summed E-state index contributed by atoms with van der Waals surface area (Å²) in [6, 6.07) is 78.8. The Balaban J connectivity index is 0.993. The summed E-state index contributed by atoms with van der Waals surface area (Å²) >= 11 is 0. The maximum absolute atomic E-state index is 5.26. The smallest absolute Gasteiger partial charge is 0.131 e. The van der Waals surface area contributed by atoms with E-state index in [9.17, 15) is 0 Å². The fourth-order valence-electron chi connectivity index (χ4n) is 9.60. The lowest BCUT2D eigenvalue weighted by atomic mass is 9.88. The first-order valence-corrected chi connectivity index (χ1v) is 21.0. The summed E-state index contributed by atoms with van der Waals surface area (Å²) in [5.41, 5.74) is 11.7. The van der Waals surface area contributed by atoms with Gasteiger partial charge in [-0.1, -0.05) is 194 Å². The van der Waals surface area contributed by atoms with Crippen LogP contribution in [0.2, 0.25) is 0 Å². The molecule has 4 nitrogen and oxygen atoms in total. The molecular weight excluding hydrogens is 741 g/mol. The molecule has 1 aliphatic heterocycles. The molecule has 10 aromatic carbocycles. The highest BCUT2D eigenvalue weighted by atomic mass is 15.3. The van der Waals surface area contributed by atoms with E-state index in [1.165, 1.54) is 76.4 Å². The topological polar surface area (TPSA) is 41.4 Å². The zero-order valence-electron chi connectivity index (χ0n) is 33.3. The fraction of sp³-hybridized carbons (Fsp3) is 0.0351. The Bertz CT molecular complexity index is 3440. The van der Waals surface area contributed by atoms with Crippen LogP contribution < -0.4 is 10.6 Å². The number of hydrogen-bond donors (Lipinski definition) is 2. The van der Waals surface area contributed by atoms with Crippen molar-refractivity contribution in [2.45, 2.75) is 12.3 Å².